The molecule has 0 saturated carbocycles. The van der Waals surface area contributed by atoms with Crippen LogP contribution in [0.25, 0.3) is 0 Å². The smallest absolute Gasteiger partial charge is 0.106 e. The summed E-state index contributed by atoms with van der Waals surface area (Å²) in [5.41, 5.74) is 4.33. The van der Waals surface area contributed by atoms with Crippen LogP contribution in [0.4, 0.5) is 0 Å². The highest BCUT2D eigenvalue weighted by molar-refractivity contribution is 5.41. The largest absolute Gasteiger partial charge is 0.384 e. The van der Waals surface area contributed by atoms with Crippen LogP contribution in [0, 0.1) is 0 Å². The van der Waals surface area contributed by atoms with Gasteiger partial charge in [-0.3, -0.25) is 4.98 Å². The number of rotatable bonds is 4. The molecule has 0 aliphatic rings. The molecule has 0 bridgehead atoms. The topological polar surface area (TPSA) is 33.1 Å². The number of aliphatic hydroxyl groups excluding tert-OH is 1. The average Bonchev–Trinajstić information content (AvgIpc) is 2.46. The summed E-state index contributed by atoms with van der Waals surface area (Å²) in [5, 5.41) is 10.6. The molecular weight excluding hydrogens is 222 g/mol. The van der Waals surface area contributed by atoms with Gasteiger partial charge in [0.15, 0.2) is 0 Å². The molecule has 18 heavy (non-hydrogen) atoms. The predicted octanol–water partition coefficient (Wildman–Crippen LogP) is 3.29. The molecule has 2 heteroatoms. The Hall–Kier alpha value is -1.67. The van der Waals surface area contributed by atoms with Gasteiger partial charge in [-0.05, 0) is 35.6 Å². The van der Waals surface area contributed by atoms with Crippen molar-refractivity contribution in [3.63, 3.8) is 0 Å². The summed E-state index contributed by atoms with van der Waals surface area (Å²) >= 11 is 0. The van der Waals surface area contributed by atoms with Gasteiger partial charge in [0.05, 0.1) is 0 Å². The van der Waals surface area contributed by atoms with Crippen molar-refractivity contribution in [2.24, 2.45) is 0 Å². The van der Waals surface area contributed by atoms with Gasteiger partial charge in [-0.2, -0.15) is 0 Å². The van der Waals surface area contributed by atoms with Crippen LogP contribution in [-0.2, 0) is 12.8 Å². The summed E-state index contributed by atoms with van der Waals surface area (Å²) in [6.45, 7) is 4.24. The Morgan fingerprint density at radius 1 is 1.06 bits per heavy atom. The van der Waals surface area contributed by atoms with E-state index in [4.69, 9.17) is 0 Å². The molecule has 0 aliphatic carbocycles. The van der Waals surface area contributed by atoms with Crippen LogP contribution in [0.1, 0.15) is 42.2 Å². The quantitative estimate of drug-likeness (QED) is 0.891. The summed E-state index contributed by atoms with van der Waals surface area (Å²) in [6.07, 6.45) is 4.74. The fraction of sp³-hybridized carbons (Fsp3) is 0.312. The Bertz CT molecular complexity index is 486. The number of pyridine rings is 1. The first kappa shape index (κ1) is 12.8. The molecule has 0 amide bonds. The summed E-state index contributed by atoms with van der Waals surface area (Å²) < 4.78 is 0. The van der Waals surface area contributed by atoms with Crippen molar-refractivity contribution in [2.75, 3.05) is 0 Å². The third kappa shape index (κ3) is 2.44. The molecule has 0 saturated heterocycles. The van der Waals surface area contributed by atoms with Gasteiger partial charge in [0.1, 0.15) is 6.10 Å². The Morgan fingerprint density at radius 2 is 1.72 bits per heavy atom. The lowest BCUT2D eigenvalue weighted by Crippen LogP contribution is -2.07. The lowest BCUT2D eigenvalue weighted by Gasteiger charge is -2.18. The fourth-order valence-electron chi connectivity index (χ4n) is 2.34. The number of nitrogens with zero attached hydrogens (tertiary/aromatic N) is 1. The summed E-state index contributed by atoms with van der Waals surface area (Å²) in [7, 11) is 0. The first-order chi connectivity index (χ1) is 8.77. The van der Waals surface area contributed by atoms with Crippen molar-refractivity contribution in [3.05, 3.63) is 65.0 Å². The molecule has 2 aromatic rings. The van der Waals surface area contributed by atoms with Crippen LogP contribution in [-0.4, -0.2) is 10.1 Å². The minimum Gasteiger partial charge on any atom is -0.384 e. The second-order valence-corrected chi connectivity index (χ2v) is 4.39. The van der Waals surface area contributed by atoms with Crippen molar-refractivity contribution in [2.45, 2.75) is 32.8 Å². The van der Waals surface area contributed by atoms with Crippen LogP contribution in [0.15, 0.2) is 42.7 Å². The monoisotopic (exact) mass is 241 g/mol. The minimum atomic E-state index is -0.579. The first-order valence-corrected chi connectivity index (χ1v) is 6.46. The molecule has 1 heterocycles. The van der Waals surface area contributed by atoms with Crippen LogP contribution in [0.2, 0.25) is 0 Å². The minimum absolute atomic E-state index is 0.579. The molecule has 1 aromatic heterocycles. The van der Waals surface area contributed by atoms with Crippen molar-refractivity contribution in [3.8, 4) is 0 Å². The summed E-state index contributed by atoms with van der Waals surface area (Å²) in [4.78, 5) is 4.08. The van der Waals surface area contributed by atoms with E-state index in [9.17, 15) is 5.11 Å². The highest BCUT2D eigenvalue weighted by atomic mass is 16.3. The maximum Gasteiger partial charge on any atom is 0.106 e. The number of benzene rings is 1. The maximum atomic E-state index is 10.6. The average molecular weight is 241 g/mol. The molecule has 1 N–H and O–H groups in total. The van der Waals surface area contributed by atoms with Gasteiger partial charge in [0, 0.05) is 18.0 Å². The number of aliphatic hydroxyl groups is 1. The molecule has 0 aliphatic heterocycles. The molecule has 2 nitrogen and oxygen atoms in total. The van der Waals surface area contributed by atoms with Crippen molar-refractivity contribution in [1.82, 2.24) is 4.98 Å². The highest BCUT2D eigenvalue weighted by Gasteiger charge is 2.17. The fourth-order valence-corrected chi connectivity index (χ4v) is 2.34. The molecule has 0 radical (unpaired) electrons. The zero-order valence-electron chi connectivity index (χ0n) is 10.9. The third-order valence-electron chi connectivity index (χ3n) is 3.32. The second-order valence-electron chi connectivity index (χ2n) is 4.39. The van der Waals surface area contributed by atoms with Gasteiger partial charge in [0.25, 0.3) is 0 Å². The lowest BCUT2D eigenvalue weighted by atomic mass is 9.91. The Morgan fingerprint density at radius 3 is 2.22 bits per heavy atom. The van der Waals surface area contributed by atoms with Crippen molar-refractivity contribution < 1.29 is 5.11 Å². The van der Waals surface area contributed by atoms with E-state index in [0.29, 0.717) is 0 Å². The van der Waals surface area contributed by atoms with Gasteiger partial charge < -0.3 is 5.11 Å². The van der Waals surface area contributed by atoms with Crippen molar-refractivity contribution >= 4 is 0 Å². The molecule has 94 valence electrons. The second kappa shape index (κ2) is 5.78. The number of aryl methyl sites for hydroxylation is 2. The van der Waals surface area contributed by atoms with E-state index in [1.54, 1.807) is 12.4 Å². The molecule has 2 rings (SSSR count). The van der Waals surface area contributed by atoms with Gasteiger partial charge in [-0.1, -0.05) is 38.1 Å². The van der Waals surface area contributed by atoms with E-state index in [1.165, 1.54) is 11.1 Å². The molecular formula is C16H19NO. The zero-order chi connectivity index (χ0) is 13.0. The van der Waals surface area contributed by atoms with E-state index in [1.807, 2.05) is 12.1 Å². The van der Waals surface area contributed by atoms with Crippen LogP contribution in [0.3, 0.4) is 0 Å². The van der Waals surface area contributed by atoms with Gasteiger partial charge in [-0.15, -0.1) is 0 Å². The van der Waals surface area contributed by atoms with Gasteiger partial charge in [-0.25, -0.2) is 0 Å². The normalized spacial score (nSPS) is 12.4. The van der Waals surface area contributed by atoms with Gasteiger partial charge in [0.2, 0.25) is 0 Å². The standard InChI is InChI=1S/C16H19NO/c1-3-12-7-5-8-13(4-2)15(12)16(18)14-9-6-10-17-11-14/h5-11,16,18H,3-4H2,1-2H3/t16-/m1/s1. The highest BCUT2D eigenvalue weighted by Crippen LogP contribution is 2.28. The van der Waals surface area contributed by atoms with E-state index in [2.05, 4.69) is 37.0 Å². The summed E-state index contributed by atoms with van der Waals surface area (Å²) in [6, 6.07) is 10.0. The SMILES string of the molecule is CCc1cccc(CC)c1[C@H](O)c1cccnc1. The van der Waals surface area contributed by atoms with Crippen LogP contribution in [0.5, 0.6) is 0 Å². The van der Waals surface area contributed by atoms with Gasteiger partial charge >= 0.3 is 0 Å². The molecule has 0 spiro atoms. The third-order valence-corrected chi connectivity index (χ3v) is 3.32. The lowest BCUT2D eigenvalue weighted by molar-refractivity contribution is 0.217. The Balaban J connectivity index is 2.49. The maximum absolute atomic E-state index is 10.6. The van der Waals surface area contributed by atoms with E-state index in [0.717, 1.165) is 24.0 Å². The van der Waals surface area contributed by atoms with Crippen molar-refractivity contribution in [1.29, 1.82) is 0 Å². The number of hydrogen-bond donors (Lipinski definition) is 1. The molecule has 1 atom stereocenters. The van der Waals surface area contributed by atoms with Crippen LogP contribution < -0.4 is 0 Å². The zero-order valence-corrected chi connectivity index (χ0v) is 10.9. The Labute approximate surface area is 108 Å². The number of hydrogen-bond acceptors (Lipinski definition) is 2. The van der Waals surface area contributed by atoms with Crippen LogP contribution >= 0.6 is 0 Å². The molecule has 1 aromatic carbocycles. The molecule has 0 fully saturated rings. The predicted molar refractivity (Wildman–Crippen MR) is 73.5 cm³/mol. The summed E-state index contributed by atoms with van der Waals surface area (Å²) in [5.74, 6) is 0. The van der Waals surface area contributed by atoms with E-state index in [-0.39, 0.29) is 0 Å². The van der Waals surface area contributed by atoms with E-state index < -0.39 is 6.10 Å². The Kier molecular flexibility index (Phi) is 4.11. The van der Waals surface area contributed by atoms with E-state index >= 15 is 0 Å². The first-order valence-electron chi connectivity index (χ1n) is 6.46. The number of aromatic nitrogens is 1. The molecule has 0 unspecified atom stereocenters.